The molecule has 1 N–H and O–H groups in total. The molecule has 0 unspecified atom stereocenters. The van der Waals surface area contributed by atoms with E-state index in [1.165, 1.54) is 7.11 Å². The first-order valence-corrected chi connectivity index (χ1v) is 8.48. The van der Waals surface area contributed by atoms with Crippen LogP contribution in [0.15, 0.2) is 36.5 Å². The summed E-state index contributed by atoms with van der Waals surface area (Å²) in [6, 6.07) is 9.83. The molecule has 132 valence electrons. The maximum atomic E-state index is 12.2. The van der Waals surface area contributed by atoms with Crippen molar-refractivity contribution < 1.29 is 14.3 Å². The lowest BCUT2D eigenvalue weighted by Gasteiger charge is -2.11. The third kappa shape index (κ3) is 4.23. The topological polar surface area (TPSA) is 86.1 Å². The number of ether oxygens (including phenoxy) is 1. The summed E-state index contributed by atoms with van der Waals surface area (Å²) in [5.74, 6) is -0.481. The fraction of sp³-hybridized carbons (Fsp3) is 0.444. The number of aromatic nitrogens is 3. The second kappa shape index (κ2) is 7.92. The van der Waals surface area contributed by atoms with E-state index in [1.807, 2.05) is 36.5 Å². The van der Waals surface area contributed by atoms with Gasteiger partial charge >= 0.3 is 5.97 Å². The Morgan fingerprint density at radius 1 is 1.24 bits per heavy atom. The monoisotopic (exact) mass is 342 g/mol. The van der Waals surface area contributed by atoms with Crippen LogP contribution < -0.4 is 5.32 Å². The first kappa shape index (κ1) is 17.1. The Morgan fingerprint density at radius 2 is 2.00 bits per heavy atom. The molecule has 1 aliphatic carbocycles. The minimum Gasteiger partial charge on any atom is -0.469 e. The Morgan fingerprint density at radius 3 is 2.76 bits per heavy atom. The third-order valence-electron chi connectivity index (χ3n) is 4.59. The molecule has 25 heavy (non-hydrogen) atoms. The van der Waals surface area contributed by atoms with Gasteiger partial charge < -0.3 is 10.1 Å². The van der Waals surface area contributed by atoms with Gasteiger partial charge in [0, 0.05) is 18.0 Å². The Hall–Kier alpha value is -2.70. The molecule has 0 bridgehead atoms. The number of nitrogens with zero attached hydrogens (tertiary/aromatic N) is 3. The molecule has 7 nitrogen and oxygen atoms in total. The lowest BCUT2D eigenvalue weighted by molar-refractivity contribution is -0.145. The Labute approximate surface area is 146 Å². The largest absolute Gasteiger partial charge is 0.469 e. The molecule has 2 atom stereocenters. The van der Waals surface area contributed by atoms with Crippen molar-refractivity contribution in [1.82, 2.24) is 20.3 Å². The number of carbonyl (C=O) groups excluding carboxylic acids is 2. The molecule has 7 heteroatoms. The summed E-state index contributed by atoms with van der Waals surface area (Å²) in [6.07, 6.45) is 3.88. The van der Waals surface area contributed by atoms with Crippen molar-refractivity contribution >= 4 is 11.9 Å². The lowest BCUT2D eigenvalue weighted by Crippen LogP contribution is -2.32. The van der Waals surface area contributed by atoms with Crippen LogP contribution in [0.25, 0.3) is 11.3 Å². The van der Waals surface area contributed by atoms with Gasteiger partial charge in [-0.1, -0.05) is 35.5 Å². The van der Waals surface area contributed by atoms with E-state index < -0.39 is 0 Å². The Bertz CT molecular complexity index is 729. The Kier molecular flexibility index (Phi) is 5.42. The van der Waals surface area contributed by atoms with Crippen molar-refractivity contribution in [3.05, 3.63) is 36.5 Å². The number of methoxy groups -OCH3 is 1. The summed E-state index contributed by atoms with van der Waals surface area (Å²) in [7, 11) is 1.39. The van der Waals surface area contributed by atoms with Crippen LogP contribution in [0, 0.1) is 11.8 Å². The van der Waals surface area contributed by atoms with Crippen LogP contribution in [0.5, 0.6) is 0 Å². The summed E-state index contributed by atoms with van der Waals surface area (Å²) in [4.78, 5) is 23.7. The van der Waals surface area contributed by atoms with Gasteiger partial charge in [0.05, 0.1) is 25.8 Å². The maximum absolute atomic E-state index is 12.2. The zero-order valence-electron chi connectivity index (χ0n) is 14.2. The van der Waals surface area contributed by atoms with E-state index in [-0.39, 0.29) is 23.7 Å². The summed E-state index contributed by atoms with van der Waals surface area (Å²) in [5, 5.41) is 11.2. The van der Waals surface area contributed by atoms with Crippen molar-refractivity contribution in [2.75, 3.05) is 13.7 Å². The normalized spacial score (nSPS) is 19.6. The van der Waals surface area contributed by atoms with Crippen LogP contribution in [0.1, 0.15) is 19.3 Å². The van der Waals surface area contributed by atoms with E-state index >= 15 is 0 Å². The van der Waals surface area contributed by atoms with Gasteiger partial charge in [0.1, 0.15) is 5.69 Å². The SMILES string of the molecule is COC(=O)[C@@H]1CC[C@H](C(=O)NCCn2cc(-c3ccccc3)nn2)C1. The molecule has 1 fully saturated rings. The average Bonchev–Trinajstić information content (AvgIpc) is 3.31. The standard InChI is InChI=1S/C18H22N4O3/c1-25-18(24)15-8-7-14(11-15)17(23)19-9-10-22-12-16(20-21-22)13-5-3-2-4-6-13/h2-6,12,14-15H,7-11H2,1H3,(H,19,23)/t14-,15+/m0/s1. The summed E-state index contributed by atoms with van der Waals surface area (Å²) < 4.78 is 6.47. The van der Waals surface area contributed by atoms with E-state index in [0.29, 0.717) is 25.9 Å². The van der Waals surface area contributed by atoms with E-state index in [2.05, 4.69) is 15.6 Å². The molecule has 1 heterocycles. The molecule has 1 aromatic carbocycles. The van der Waals surface area contributed by atoms with Gasteiger partial charge in [0.15, 0.2) is 0 Å². The number of benzene rings is 1. The van der Waals surface area contributed by atoms with Gasteiger partial charge in [-0.15, -0.1) is 5.10 Å². The van der Waals surface area contributed by atoms with Gasteiger partial charge in [-0.25, -0.2) is 0 Å². The van der Waals surface area contributed by atoms with Crippen molar-refractivity contribution in [2.24, 2.45) is 11.8 Å². The molecular weight excluding hydrogens is 320 g/mol. The van der Waals surface area contributed by atoms with E-state index in [9.17, 15) is 9.59 Å². The highest BCUT2D eigenvalue weighted by atomic mass is 16.5. The second-order valence-corrected chi connectivity index (χ2v) is 6.25. The molecule has 0 saturated heterocycles. The van der Waals surface area contributed by atoms with E-state index in [0.717, 1.165) is 17.7 Å². The first-order chi connectivity index (χ1) is 12.2. The predicted molar refractivity (Wildman–Crippen MR) is 91.3 cm³/mol. The van der Waals surface area contributed by atoms with Crippen molar-refractivity contribution in [2.45, 2.75) is 25.8 Å². The van der Waals surface area contributed by atoms with E-state index in [4.69, 9.17) is 4.74 Å². The van der Waals surface area contributed by atoms with Gasteiger partial charge in [0.25, 0.3) is 0 Å². The third-order valence-corrected chi connectivity index (χ3v) is 4.59. The van der Waals surface area contributed by atoms with E-state index in [1.54, 1.807) is 4.68 Å². The van der Waals surface area contributed by atoms with Crippen LogP contribution in [0.2, 0.25) is 0 Å². The second-order valence-electron chi connectivity index (χ2n) is 6.25. The van der Waals surface area contributed by atoms with Crippen LogP contribution in [-0.2, 0) is 20.9 Å². The zero-order valence-corrected chi connectivity index (χ0v) is 14.2. The fourth-order valence-corrected chi connectivity index (χ4v) is 3.19. The average molecular weight is 342 g/mol. The zero-order chi connectivity index (χ0) is 17.6. The highest BCUT2D eigenvalue weighted by Gasteiger charge is 2.34. The quantitative estimate of drug-likeness (QED) is 0.807. The number of carbonyl (C=O) groups is 2. The van der Waals surface area contributed by atoms with Crippen LogP contribution in [-0.4, -0.2) is 40.5 Å². The van der Waals surface area contributed by atoms with Gasteiger partial charge in [-0.2, -0.15) is 0 Å². The molecule has 3 rings (SSSR count). The molecule has 1 aliphatic rings. The first-order valence-electron chi connectivity index (χ1n) is 8.48. The van der Waals surface area contributed by atoms with Crippen LogP contribution in [0.3, 0.4) is 0 Å². The summed E-state index contributed by atoms with van der Waals surface area (Å²) in [5.41, 5.74) is 1.82. The van der Waals surface area contributed by atoms with Crippen LogP contribution >= 0.6 is 0 Å². The number of hydrogen-bond acceptors (Lipinski definition) is 5. The van der Waals surface area contributed by atoms with Crippen LogP contribution in [0.4, 0.5) is 0 Å². The molecule has 1 saturated carbocycles. The molecule has 0 radical (unpaired) electrons. The van der Waals surface area contributed by atoms with Crippen molar-refractivity contribution in [1.29, 1.82) is 0 Å². The highest BCUT2D eigenvalue weighted by Crippen LogP contribution is 2.31. The fourth-order valence-electron chi connectivity index (χ4n) is 3.19. The summed E-state index contributed by atoms with van der Waals surface area (Å²) >= 11 is 0. The maximum Gasteiger partial charge on any atom is 0.308 e. The molecule has 1 amide bonds. The molecule has 1 aromatic heterocycles. The minimum absolute atomic E-state index is 0.00481. The Balaban J connectivity index is 1.45. The van der Waals surface area contributed by atoms with Gasteiger partial charge in [-0.3, -0.25) is 14.3 Å². The van der Waals surface area contributed by atoms with Gasteiger partial charge in [-0.05, 0) is 19.3 Å². The number of esters is 1. The van der Waals surface area contributed by atoms with Gasteiger partial charge in [0.2, 0.25) is 5.91 Å². The summed E-state index contributed by atoms with van der Waals surface area (Å²) in [6.45, 7) is 1.04. The number of hydrogen-bond donors (Lipinski definition) is 1. The number of amides is 1. The molecule has 2 aromatic rings. The lowest BCUT2D eigenvalue weighted by atomic mass is 10.0. The molecule has 0 aliphatic heterocycles. The number of nitrogens with one attached hydrogen (secondary N) is 1. The van der Waals surface area contributed by atoms with Crippen molar-refractivity contribution in [3.63, 3.8) is 0 Å². The highest BCUT2D eigenvalue weighted by molar-refractivity contribution is 5.81. The number of rotatable bonds is 6. The predicted octanol–water partition coefficient (Wildman–Crippen LogP) is 1.65. The molecule has 0 spiro atoms. The van der Waals surface area contributed by atoms with Crippen molar-refractivity contribution in [3.8, 4) is 11.3 Å². The smallest absolute Gasteiger partial charge is 0.308 e. The minimum atomic E-state index is -0.216. The molecular formula is C18H22N4O3.